The molecule has 3 atom stereocenters. The van der Waals surface area contributed by atoms with E-state index in [0.717, 1.165) is 18.1 Å². The number of nitrogens with zero attached hydrogens (tertiary/aromatic N) is 2. The average molecular weight is 237 g/mol. The van der Waals surface area contributed by atoms with Gasteiger partial charge in [-0.25, -0.2) is 0 Å². The lowest BCUT2D eigenvalue weighted by atomic mass is 10.1. The van der Waals surface area contributed by atoms with Crippen LogP contribution in [0.4, 0.5) is 0 Å². The highest BCUT2D eigenvalue weighted by Crippen LogP contribution is 2.26. The number of nitrogens with one attached hydrogen (secondary N) is 1. The van der Waals surface area contributed by atoms with Crippen LogP contribution in [0, 0.1) is 0 Å². The maximum atomic E-state index is 3.68. The molecule has 3 aliphatic rings. The van der Waals surface area contributed by atoms with Crippen LogP contribution in [0.15, 0.2) is 0 Å². The molecule has 0 bridgehead atoms. The summed E-state index contributed by atoms with van der Waals surface area (Å²) in [6.45, 7) is 9.92. The van der Waals surface area contributed by atoms with Gasteiger partial charge in [-0.2, -0.15) is 0 Å². The largest absolute Gasteiger partial charge is 0.312 e. The SMILES string of the molecule is CC(CNC1CC1)N1CC2CCCN2CC1C. The fourth-order valence-electron chi connectivity index (χ4n) is 3.57. The van der Waals surface area contributed by atoms with Crippen molar-refractivity contribution in [3.05, 3.63) is 0 Å². The zero-order chi connectivity index (χ0) is 11.8. The van der Waals surface area contributed by atoms with Gasteiger partial charge in [0, 0.05) is 43.8 Å². The predicted molar refractivity (Wildman–Crippen MR) is 71.2 cm³/mol. The van der Waals surface area contributed by atoms with Crippen molar-refractivity contribution in [3.63, 3.8) is 0 Å². The van der Waals surface area contributed by atoms with Crippen molar-refractivity contribution in [1.82, 2.24) is 15.1 Å². The van der Waals surface area contributed by atoms with E-state index < -0.39 is 0 Å². The molecule has 3 heteroatoms. The Kier molecular flexibility index (Phi) is 3.42. The van der Waals surface area contributed by atoms with Crippen molar-refractivity contribution in [2.45, 2.75) is 63.7 Å². The van der Waals surface area contributed by atoms with Crippen molar-refractivity contribution in [3.8, 4) is 0 Å². The molecular formula is C14H27N3. The molecule has 0 aromatic carbocycles. The second-order valence-electron chi connectivity index (χ2n) is 6.37. The zero-order valence-corrected chi connectivity index (χ0v) is 11.4. The zero-order valence-electron chi connectivity index (χ0n) is 11.4. The van der Waals surface area contributed by atoms with E-state index in [0.29, 0.717) is 6.04 Å². The fraction of sp³-hybridized carbons (Fsp3) is 1.00. The van der Waals surface area contributed by atoms with Crippen LogP contribution in [-0.4, -0.2) is 60.1 Å². The molecule has 1 saturated carbocycles. The van der Waals surface area contributed by atoms with Gasteiger partial charge < -0.3 is 5.32 Å². The molecule has 3 nitrogen and oxygen atoms in total. The molecule has 0 radical (unpaired) electrons. The highest BCUT2D eigenvalue weighted by atomic mass is 15.3. The Balaban J connectivity index is 1.53. The van der Waals surface area contributed by atoms with Crippen LogP contribution in [0.5, 0.6) is 0 Å². The molecule has 2 saturated heterocycles. The van der Waals surface area contributed by atoms with Crippen LogP contribution >= 0.6 is 0 Å². The summed E-state index contributed by atoms with van der Waals surface area (Å²) in [4.78, 5) is 5.45. The first-order valence-corrected chi connectivity index (χ1v) is 7.47. The number of piperazine rings is 1. The first kappa shape index (κ1) is 11.9. The van der Waals surface area contributed by atoms with Gasteiger partial charge in [0.1, 0.15) is 0 Å². The smallest absolute Gasteiger partial charge is 0.0224 e. The summed E-state index contributed by atoms with van der Waals surface area (Å²) in [6.07, 6.45) is 5.64. The molecule has 0 aromatic heterocycles. The molecule has 2 heterocycles. The first-order valence-electron chi connectivity index (χ1n) is 7.47. The van der Waals surface area contributed by atoms with E-state index in [1.165, 1.54) is 51.9 Å². The summed E-state index contributed by atoms with van der Waals surface area (Å²) < 4.78 is 0. The van der Waals surface area contributed by atoms with E-state index in [1.807, 2.05) is 0 Å². The summed E-state index contributed by atoms with van der Waals surface area (Å²) >= 11 is 0. The molecule has 0 aromatic rings. The summed E-state index contributed by atoms with van der Waals surface area (Å²) in [6, 6.07) is 3.14. The van der Waals surface area contributed by atoms with Gasteiger partial charge >= 0.3 is 0 Å². The lowest BCUT2D eigenvalue weighted by molar-refractivity contribution is 0.0331. The van der Waals surface area contributed by atoms with Crippen LogP contribution in [0.3, 0.4) is 0 Å². The lowest BCUT2D eigenvalue weighted by Gasteiger charge is -2.45. The summed E-state index contributed by atoms with van der Waals surface area (Å²) in [5, 5.41) is 3.68. The molecule has 0 spiro atoms. The lowest BCUT2D eigenvalue weighted by Crippen LogP contribution is -2.59. The standard InChI is InChI=1S/C14H27N3/c1-11(8-15-13-5-6-13)17-10-14-4-3-7-16(14)9-12(17)2/h11-15H,3-10H2,1-2H3. The monoisotopic (exact) mass is 237 g/mol. The van der Waals surface area contributed by atoms with Crippen LogP contribution in [0.1, 0.15) is 39.5 Å². The Labute approximate surface area is 106 Å². The van der Waals surface area contributed by atoms with Gasteiger partial charge in [-0.3, -0.25) is 9.80 Å². The number of hydrogen-bond donors (Lipinski definition) is 1. The van der Waals surface area contributed by atoms with Crippen LogP contribution in [0.25, 0.3) is 0 Å². The Bertz CT molecular complexity index is 264. The highest BCUT2D eigenvalue weighted by Gasteiger charge is 2.36. The second-order valence-corrected chi connectivity index (χ2v) is 6.37. The minimum absolute atomic E-state index is 0.702. The second kappa shape index (κ2) is 4.87. The van der Waals surface area contributed by atoms with Crippen molar-refractivity contribution in [2.24, 2.45) is 0 Å². The third-order valence-electron chi connectivity index (χ3n) is 4.83. The van der Waals surface area contributed by atoms with Gasteiger partial charge in [0.15, 0.2) is 0 Å². The van der Waals surface area contributed by atoms with Gasteiger partial charge in [-0.15, -0.1) is 0 Å². The topological polar surface area (TPSA) is 18.5 Å². The van der Waals surface area contributed by atoms with Gasteiger partial charge in [0.25, 0.3) is 0 Å². The molecule has 3 unspecified atom stereocenters. The van der Waals surface area contributed by atoms with Crippen molar-refractivity contribution < 1.29 is 0 Å². The van der Waals surface area contributed by atoms with E-state index in [1.54, 1.807) is 0 Å². The fourth-order valence-corrected chi connectivity index (χ4v) is 3.57. The van der Waals surface area contributed by atoms with E-state index in [4.69, 9.17) is 0 Å². The van der Waals surface area contributed by atoms with Gasteiger partial charge in [-0.1, -0.05) is 0 Å². The number of hydrogen-bond acceptors (Lipinski definition) is 3. The first-order chi connectivity index (χ1) is 8.24. The third kappa shape index (κ3) is 2.67. The predicted octanol–water partition coefficient (Wildman–Crippen LogP) is 1.30. The van der Waals surface area contributed by atoms with E-state index >= 15 is 0 Å². The normalized spacial score (nSPS) is 37.1. The highest BCUT2D eigenvalue weighted by molar-refractivity contribution is 4.93. The molecule has 98 valence electrons. The molecule has 17 heavy (non-hydrogen) atoms. The molecule has 1 N–H and O–H groups in total. The molecule has 3 fully saturated rings. The van der Waals surface area contributed by atoms with E-state index in [-0.39, 0.29) is 0 Å². The Morgan fingerprint density at radius 2 is 2.06 bits per heavy atom. The molecule has 2 aliphatic heterocycles. The molecule has 0 amide bonds. The number of rotatable bonds is 4. The van der Waals surface area contributed by atoms with Crippen molar-refractivity contribution in [1.29, 1.82) is 0 Å². The van der Waals surface area contributed by atoms with Crippen molar-refractivity contribution >= 4 is 0 Å². The summed E-state index contributed by atoms with van der Waals surface area (Å²) in [7, 11) is 0. The Morgan fingerprint density at radius 1 is 1.24 bits per heavy atom. The van der Waals surface area contributed by atoms with Gasteiger partial charge in [0.2, 0.25) is 0 Å². The molecule has 3 rings (SSSR count). The van der Waals surface area contributed by atoms with Crippen LogP contribution in [-0.2, 0) is 0 Å². The Morgan fingerprint density at radius 3 is 2.82 bits per heavy atom. The van der Waals surface area contributed by atoms with Crippen LogP contribution in [0.2, 0.25) is 0 Å². The minimum atomic E-state index is 0.702. The quantitative estimate of drug-likeness (QED) is 0.795. The summed E-state index contributed by atoms with van der Waals surface area (Å²) in [5.74, 6) is 0. The van der Waals surface area contributed by atoms with Crippen LogP contribution < -0.4 is 5.32 Å². The minimum Gasteiger partial charge on any atom is -0.312 e. The van der Waals surface area contributed by atoms with E-state index in [2.05, 4.69) is 29.0 Å². The number of fused-ring (bicyclic) bond motifs is 1. The summed E-state index contributed by atoms with van der Waals surface area (Å²) in [5.41, 5.74) is 0. The van der Waals surface area contributed by atoms with Gasteiger partial charge in [0.05, 0.1) is 0 Å². The van der Waals surface area contributed by atoms with E-state index in [9.17, 15) is 0 Å². The Hall–Kier alpha value is -0.120. The maximum absolute atomic E-state index is 3.68. The molecular weight excluding hydrogens is 210 g/mol. The van der Waals surface area contributed by atoms with Gasteiger partial charge in [-0.05, 0) is 46.1 Å². The molecule has 1 aliphatic carbocycles. The maximum Gasteiger partial charge on any atom is 0.0224 e. The average Bonchev–Trinajstić information content (AvgIpc) is 3.03. The third-order valence-corrected chi connectivity index (χ3v) is 4.83. The van der Waals surface area contributed by atoms with Crippen molar-refractivity contribution in [2.75, 3.05) is 26.2 Å².